The first-order chi connectivity index (χ1) is 8.12. The fourth-order valence-corrected chi connectivity index (χ4v) is 2.87. The molecule has 17 heavy (non-hydrogen) atoms. The molecule has 1 fully saturated rings. The molecule has 1 aromatic carbocycles. The quantitative estimate of drug-likeness (QED) is 0.841. The molecule has 0 aromatic heterocycles. The van der Waals surface area contributed by atoms with Gasteiger partial charge in [0.1, 0.15) is 5.02 Å². The lowest BCUT2D eigenvalue weighted by Gasteiger charge is -2.25. The van der Waals surface area contributed by atoms with Gasteiger partial charge in [0, 0.05) is 11.1 Å². The van der Waals surface area contributed by atoms with Crippen LogP contribution in [0.25, 0.3) is 0 Å². The summed E-state index contributed by atoms with van der Waals surface area (Å²) in [4.78, 5) is 0. The number of benzene rings is 1. The summed E-state index contributed by atoms with van der Waals surface area (Å²) >= 11 is 5.95. The number of fused-ring (bicyclic) bond motifs is 1. The van der Waals surface area contributed by atoms with Gasteiger partial charge in [0.05, 0.1) is 0 Å². The average Bonchev–Trinajstić information content (AvgIpc) is 2.92. The molecule has 0 saturated heterocycles. The molecule has 3 rings (SSSR count). The van der Waals surface area contributed by atoms with E-state index in [1.165, 1.54) is 0 Å². The maximum Gasteiger partial charge on any atom is 0.231 e. The van der Waals surface area contributed by atoms with Crippen molar-refractivity contribution in [2.75, 3.05) is 6.79 Å². The van der Waals surface area contributed by atoms with Crippen LogP contribution in [0.1, 0.15) is 31.2 Å². The summed E-state index contributed by atoms with van der Waals surface area (Å²) in [6.45, 7) is 0.0789. The maximum atomic E-state index is 14.2. The fourth-order valence-electron chi connectivity index (χ4n) is 2.62. The molecule has 0 amide bonds. The summed E-state index contributed by atoms with van der Waals surface area (Å²) < 4.78 is 24.6. The first-order valence-electron chi connectivity index (χ1n) is 5.69. The Morgan fingerprint density at radius 3 is 2.71 bits per heavy atom. The van der Waals surface area contributed by atoms with Crippen LogP contribution in [0.5, 0.6) is 11.5 Å². The highest BCUT2D eigenvalue weighted by Crippen LogP contribution is 2.47. The van der Waals surface area contributed by atoms with Gasteiger partial charge >= 0.3 is 0 Å². The highest BCUT2D eigenvalue weighted by Gasteiger charge is 2.37. The van der Waals surface area contributed by atoms with Crippen LogP contribution in [0.2, 0.25) is 5.02 Å². The van der Waals surface area contributed by atoms with Crippen molar-refractivity contribution in [2.45, 2.75) is 31.2 Å². The Morgan fingerprint density at radius 2 is 2.00 bits per heavy atom. The van der Waals surface area contributed by atoms with Gasteiger partial charge in [-0.15, -0.1) is 0 Å². The molecule has 1 heterocycles. The molecule has 1 saturated carbocycles. The standard InChI is InChI=1S/C12H13ClFNO2/c13-9-10(14)7(12(15)3-1-2-4-12)5-8-11(9)17-6-16-8/h5H,1-4,6,15H2. The summed E-state index contributed by atoms with van der Waals surface area (Å²) in [5.41, 5.74) is 6.08. The number of hydrogen-bond acceptors (Lipinski definition) is 3. The van der Waals surface area contributed by atoms with E-state index in [4.69, 9.17) is 26.8 Å². The topological polar surface area (TPSA) is 44.5 Å². The molecule has 2 N–H and O–H groups in total. The van der Waals surface area contributed by atoms with Gasteiger partial charge in [-0.25, -0.2) is 4.39 Å². The predicted octanol–water partition coefficient (Wildman–Crippen LogP) is 2.94. The first-order valence-corrected chi connectivity index (χ1v) is 6.06. The van der Waals surface area contributed by atoms with E-state index in [-0.39, 0.29) is 17.6 Å². The van der Waals surface area contributed by atoms with Crippen LogP contribution < -0.4 is 15.2 Å². The minimum Gasteiger partial charge on any atom is -0.454 e. The molecule has 0 bridgehead atoms. The van der Waals surface area contributed by atoms with Crippen molar-refractivity contribution < 1.29 is 13.9 Å². The summed E-state index contributed by atoms with van der Waals surface area (Å²) in [5.74, 6) is 0.304. The van der Waals surface area contributed by atoms with Gasteiger partial charge in [-0.1, -0.05) is 24.4 Å². The molecule has 0 unspecified atom stereocenters. The monoisotopic (exact) mass is 257 g/mol. The van der Waals surface area contributed by atoms with E-state index in [9.17, 15) is 4.39 Å². The number of hydrogen-bond donors (Lipinski definition) is 1. The third-order valence-electron chi connectivity index (χ3n) is 3.58. The second-order valence-electron chi connectivity index (χ2n) is 4.65. The van der Waals surface area contributed by atoms with Crippen molar-refractivity contribution >= 4 is 11.6 Å². The third-order valence-corrected chi connectivity index (χ3v) is 3.92. The van der Waals surface area contributed by atoms with E-state index in [2.05, 4.69) is 0 Å². The van der Waals surface area contributed by atoms with Crippen LogP contribution in [0.3, 0.4) is 0 Å². The SMILES string of the molecule is NC1(c2cc3c(c(Cl)c2F)OCO3)CCCC1. The van der Waals surface area contributed by atoms with Crippen LogP contribution in [-0.2, 0) is 5.54 Å². The van der Waals surface area contributed by atoms with Gasteiger partial charge in [0.25, 0.3) is 0 Å². The second kappa shape index (κ2) is 3.75. The van der Waals surface area contributed by atoms with E-state index in [1.54, 1.807) is 6.07 Å². The van der Waals surface area contributed by atoms with Gasteiger partial charge in [-0.05, 0) is 18.9 Å². The zero-order valence-electron chi connectivity index (χ0n) is 9.26. The van der Waals surface area contributed by atoms with Gasteiger partial charge in [-0.3, -0.25) is 0 Å². The van der Waals surface area contributed by atoms with E-state index < -0.39 is 11.4 Å². The third kappa shape index (κ3) is 1.58. The van der Waals surface area contributed by atoms with Crippen molar-refractivity contribution in [3.05, 3.63) is 22.5 Å². The molecule has 2 aliphatic rings. The normalized spacial score (nSPS) is 20.9. The molecular weight excluding hydrogens is 245 g/mol. The molecule has 0 radical (unpaired) electrons. The molecule has 3 nitrogen and oxygen atoms in total. The number of ether oxygens (including phenoxy) is 2. The molecule has 5 heteroatoms. The Morgan fingerprint density at radius 1 is 1.29 bits per heavy atom. The molecule has 92 valence electrons. The first kappa shape index (κ1) is 11.1. The van der Waals surface area contributed by atoms with E-state index in [0.717, 1.165) is 25.7 Å². The molecule has 1 aliphatic carbocycles. The summed E-state index contributed by atoms with van der Waals surface area (Å²) in [6.07, 6.45) is 3.59. The smallest absolute Gasteiger partial charge is 0.231 e. The Hall–Kier alpha value is -1.00. The minimum atomic E-state index is -0.616. The van der Waals surface area contributed by atoms with Crippen molar-refractivity contribution in [2.24, 2.45) is 5.73 Å². The van der Waals surface area contributed by atoms with Crippen LogP contribution in [0.4, 0.5) is 4.39 Å². The zero-order chi connectivity index (χ0) is 12.0. The van der Waals surface area contributed by atoms with E-state index >= 15 is 0 Å². The lowest BCUT2D eigenvalue weighted by molar-refractivity contribution is 0.174. The largest absolute Gasteiger partial charge is 0.454 e. The van der Waals surface area contributed by atoms with Crippen LogP contribution >= 0.6 is 11.6 Å². The van der Waals surface area contributed by atoms with Crippen molar-refractivity contribution in [3.63, 3.8) is 0 Å². The summed E-state index contributed by atoms with van der Waals surface area (Å²) in [6, 6.07) is 1.63. The molecule has 0 spiro atoms. The Kier molecular flexibility index (Phi) is 2.45. The van der Waals surface area contributed by atoms with Crippen molar-refractivity contribution in [1.82, 2.24) is 0 Å². The number of nitrogens with two attached hydrogens (primary N) is 1. The summed E-state index contributed by atoms with van der Waals surface area (Å²) in [7, 11) is 0. The van der Waals surface area contributed by atoms with Crippen LogP contribution in [0, 0.1) is 5.82 Å². The zero-order valence-corrected chi connectivity index (χ0v) is 10.0. The molecule has 1 aliphatic heterocycles. The minimum absolute atomic E-state index is 0.0216. The Bertz CT molecular complexity index is 472. The van der Waals surface area contributed by atoms with Gasteiger partial charge in [0.2, 0.25) is 6.79 Å². The lowest BCUT2D eigenvalue weighted by atomic mass is 9.88. The number of halogens is 2. The lowest BCUT2D eigenvalue weighted by Crippen LogP contribution is -2.34. The predicted molar refractivity (Wildman–Crippen MR) is 61.9 cm³/mol. The molecule has 1 aromatic rings. The average molecular weight is 258 g/mol. The van der Waals surface area contributed by atoms with Crippen LogP contribution in [0.15, 0.2) is 6.07 Å². The van der Waals surface area contributed by atoms with Gasteiger partial charge < -0.3 is 15.2 Å². The number of rotatable bonds is 1. The molecule has 0 atom stereocenters. The van der Waals surface area contributed by atoms with Crippen molar-refractivity contribution in [1.29, 1.82) is 0 Å². The second-order valence-corrected chi connectivity index (χ2v) is 5.03. The van der Waals surface area contributed by atoms with E-state index in [1.807, 2.05) is 0 Å². The highest BCUT2D eigenvalue weighted by molar-refractivity contribution is 6.32. The Labute approximate surface area is 104 Å². The van der Waals surface area contributed by atoms with Gasteiger partial charge in [-0.2, -0.15) is 0 Å². The van der Waals surface area contributed by atoms with Gasteiger partial charge in [0.15, 0.2) is 17.3 Å². The maximum absolute atomic E-state index is 14.2. The van der Waals surface area contributed by atoms with Crippen LogP contribution in [-0.4, -0.2) is 6.79 Å². The van der Waals surface area contributed by atoms with Crippen molar-refractivity contribution in [3.8, 4) is 11.5 Å². The molecular formula is C12H13ClFNO2. The fraction of sp³-hybridized carbons (Fsp3) is 0.500. The highest BCUT2D eigenvalue weighted by atomic mass is 35.5. The Balaban J connectivity index is 2.14. The van der Waals surface area contributed by atoms with E-state index in [0.29, 0.717) is 11.3 Å². The summed E-state index contributed by atoms with van der Waals surface area (Å²) in [5, 5.41) is -0.0216.